The molecule has 0 heterocycles. The molecule has 0 radical (unpaired) electrons. The van der Waals surface area contributed by atoms with Crippen molar-refractivity contribution >= 4 is 40.5 Å². The minimum atomic E-state index is -0.615. The van der Waals surface area contributed by atoms with Crippen molar-refractivity contribution in [2.75, 3.05) is 38.0 Å². The minimum Gasteiger partial charge on any atom is -0.465 e. The maximum atomic E-state index is 12.5. The van der Waals surface area contributed by atoms with E-state index < -0.39 is 16.8 Å². The van der Waals surface area contributed by atoms with Crippen LogP contribution < -0.4 is 10.6 Å². The van der Waals surface area contributed by atoms with Crippen molar-refractivity contribution < 1.29 is 24.0 Å². The van der Waals surface area contributed by atoms with Crippen LogP contribution in [0.2, 0.25) is 5.02 Å². The summed E-state index contributed by atoms with van der Waals surface area (Å²) in [6.07, 6.45) is 0. The smallest absolute Gasteiger partial charge is 0.337 e. The van der Waals surface area contributed by atoms with Crippen LogP contribution in [0.1, 0.15) is 20.7 Å². The summed E-state index contributed by atoms with van der Waals surface area (Å²) in [6, 6.07) is 8.29. The average Bonchev–Trinajstić information content (AvgIpc) is 2.69. The number of hydrogen-bond acceptors (Lipinski definition) is 7. The number of nitrogens with one attached hydrogen (secondary N) is 2. The van der Waals surface area contributed by atoms with Gasteiger partial charge < -0.3 is 20.1 Å². The van der Waals surface area contributed by atoms with Crippen molar-refractivity contribution in [2.24, 2.45) is 0 Å². The number of rotatable bonds is 8. The Labute approximate surface area is 165 Å². The van der Waals surface area contributed by atoms with E-state index in [0.29, 0.717) is 13.2 Å². The highest BCUT2D eigenvalue weighted by Crippen LogP contribution is 2.27. The second-order valence-electron chi connectivity index (χ2n) is 5.55. The van der Waals surface area contributed by atoms with E-state index in [9.17, 15) is 19.7 Å². The number of benzene rings is 2. The molecule has 0 atom stereocenters. The number of esters is 1. The molecule has 0 spiro atoms. The van der Waals surface area contributed by atoms with E-state index in [1.807, 2.05) is 0 Å². The quantitative estimate of drug-likeness (QED) is 0.298. The summed E-state index contributed by atoms with van der Waals surface area (Å²) in [5.74, 6) is -1.20. The van der Waals surface area contributed by atoms with Gasteiger partial charge in [0.1, 0.15) is 5.69 Å². The third-order valence-corrected chi connectivity index (χ3v) is 4.04. The number of amides is 1. The van der Waals surface area contributed by atoms with Crippen LogP contribution in [0.15, 0.2) is 36.4 Å². The maximum absolute atomic E-state index is 12.5. The first kappa shape index (κ1) is 21.1. The van der Waals surface area contributed by atoms with Gasteiger partial charge in [0.25, 0.3) is 11.6 Å². The number of nitro groups is 1. The largest absolute Gasteiger partial charge is 0.465 e. The van der Waals surface area contributed by atoms with Gasteiger partial charge in [-0.05, 0) is 30.3 Å². The fourth-order valence-electron chi connectivity index (χ4n) is 2.32. The van der Waals surface area contributed by atoms with Crippen LogP contribution in [0.5, 0.6) is 0 Å². The second-order valence-corrected chi connectivity index (χ2v) is 5.96. The Hall–Kier alpha value is -3.17. The molecule has 0 saturated heterocycles. The van der Waals surface area contributed by atoms with Gasteiger partial charge in [-0.1, -0.05) is 11.6 Å². The van der Waals surface area contributed by atoms with Crippen molar-refractivity contribution in [3.05, 3.63) is 62.7 Å². The van der Waals surface area contributed by atoms with Gasteiger partial charge in [-0.3, -0.25) is 14.9 Å². The maximum Gasteiger partial charge on any atom is 0.337 e. The third-order valence-electron chi connectivity index (χ3n) is 3.71. The summed E-state index contributed by atoms with van der Waals surface area (Å²) in [6.45, 7) is 0.743. The highest BCUT2D eigenvalue weighted by atomic mass is 35.5. The molecular weight excluding hydrogens is 390 g/mol. The number of methoxy groups -OCH3 is 2. The molecule has 2 N–H and O–H groups in total. The van der Waals surface area contributed by atoms with Gasteiger partial charge in [-0.2, -0.15) is 0 Å². The molecular formula is C18H18ClN3O6. The number of carbonyl (C=O) groups excluding carboxylic acids is 2. The summed E-state index contributed by atoms with van der Waals surface area (Å²) in [5, 5.41) is 16.9. The number of nitro benzene ring substituents is 1. The topological polar surface area (TPSA) is 120 Å². The highest BCUT2D eigenvalue weighted by Gasteiger charge is 2.18. The molecule has 0 aliphatic rings. The fourth-order valence-corrected chi connectivity index (χ4v) is 2.49. The molecule has 2 rings (SSSR count). The lowest BCUT2D eigenvalue weighted by molar-refractivity contribution is -0.384. The molecule has 0 fully saturated rings. The Kier molecular flexibility index (Phi) is 7.30. The van der Waals surface area contributed by atoms with E-state index in [4.69, 9.17) is 16.3 Å². The first-order valence-electron chi connectivity index (χ1n) is 8.07. The molecule has 28 heavy (non-hydrogen) atoms. The highest BCUT2D eigenvalue weighted by molar-refractivity contribution is 6.34. The molecule has 0 aliphatic carbocycles. The monoisotopic (exact) mass is 407 g/mol. The van der Waals surface area contributed by atoms with Gasteiger partial charge in [-0.15, -0.1) is 0 Å². The lowest BCUT2D eigenvalue weighted by Gasteiger charge is -2.11. The fraction of sp³-hybridized carbons (Fsp3) is 0.222. The average molecular weight is 408 g/mol. The number of halogens is 1. The first-order valence-corrected chi connectivity index (χ1v) is 8.45. The Morgan fingerprint density at radius 2 is 1.82 bits per heavy atom. The van der Waals surface area contributed by atoms with E-state index >= 15 is 0 Å². The van der Waals surface area contributed by atoms with Gasteiger partial charge in [0.15, 0.2) is 0 Å². The molecule has 1 amide bonds. The molecule has 0 aliphatic heterocycles. The zero-order valence-corrected chi connectivity index (χ0v) is 15.9. The minimum absolute atomic E-state index is 0.0588. The Balaban J connectivity index is 2.26. The van der Waals surface area contributed by atoms with Crippen LogP contribution in [0.25, 0.3) is 0 Å². The number of anilines is 2. The zero-order valence-electron chi connectivity index (χ0n) is 15.2. The van der Waals surface area contributed by atoms with Crippen molar-refractivity contribution in [1.82, 2.24) is 0 Å². The van der Waals surface area contributed by atoms with E-state index in [-0.39, 0.29) is 33.2 Å². The van der Waals surface area contributed by atoms with Crippen molar-refractivity contribution in [1.29, 1.82) is 0 Å². The third kappa shape index (κ3) is 5.18. The molecule has 0 aromatic heterocycles. The predicted molar refractivity (Wildman–Crippen MR) is 104 cm³/mol. The van der Waals surface area contributed by atoms with E-state index in [1.165, 1.54) is 44.6 Å². The summed E-state index contributed by atoms with van der Waals surface area (Å²) >= 11 is 6.06. The van der Waals surface area contributed by atoms with Gasteiger partial charge in [0.05, 0.1) is 34.9 Å². The molecule has 0 saturated carbocycles. The molecule has 0 bridgehead atoms. The standard InChI is InChI=1S/C18H18ClN3O6/c1-27-8-7-20-14-6-4-11(10-16(14)22(25)26)17(23)21-15-9-12(18(24)28-2)3-5-13(15)19/h3-6,9-10,20H,7-8H2,1-2H3,(H,21,23). The van der Waals surface area contributed by atoms with Gasteiger partial charge in [-0.25, -0.2) is 4.79 Å². The van der Waals surface area contributed by atoms with Crippen molar-refractivity contribution in [3.8, 4) is 0 Å². The van der Waals surface area contributed by atoms with E-state index in [1.54, 1.807) is 0 Å². The number of ether oxygens (including phenoxy) is 2. The van der Waals surface area contributed by atoms with Crippen LogP contribution >= 0.6 is 11.6 Å². The summed E-state index contributed by atoms with van der Waals surface area (Å²) < 4.78 is 9.53. The molecule has 148 valence electrons. The lowest BCUT2D eigenvalue weighted by atomic mass is 10.1. The van der Waals surface area contributed by atoms with Gasteiger partial charge in [0.2, 0.25) is 0 Å². The van der Waals surface area contributed by atoms with E-state index in [0.717, 1.165) is 6.07 Å². The Morgan fingerprint density at radius 3 is 2.46 bits per heavy atom. The van der Waals surface area contributed by atoms with Gasteiger partial charge >= 0.3 is 5.97 Å². The molecule has 10 heteroatoms. The molecule has 2 aromatic rings. The summed E-state index contributed by atoms with van der Waals surface area (Å²) in [4.78, 5) is 34.9. The summed E-state index contributed by atoms with van der Waals surface area (Å²) in [5.41, 5.74) is 0.455. The van der Waals surface area contributed by atoms with Crippen LogP contribution in [-0.2, 0) is 9.47 Å². The zero-order chi connectivity index (χ0) is 20.7. The Bertz CT molecular complexity index is 903. The van der Waals surface area contributed by atoms with Crippen molar-refractivity contribution in [2.45, 2.75) is 0 Å². The van der Waals surface area contributed by atoms with Crippen LogP contribution in [0, 0.1) is 10.1 Å². The SMILES string of the molecule is COCCNc1ccc(C(=O)Nc2cc(C(=O)OC)ccc2Cl)cc1[N+](=O)[O-]. The summed E-state index contributed by atoms with van der Waals surface area (Å²) in [7, 11) is 2.75. The Morgan fingerprint density at radius 1 is 1.11 bits per heavy atom. The van der Waals surface area contributed by atoms with E-state index in [2.05, 4.69) is 15.4 Å². The number of carbonyl (C=O) groups is 2. The normalized spacial score (nSPS) is 10.2. The molecule has 2 aromatic carbocycles. The van der Waals surface area contributed by atoms with Gasteiger partial charge in [0, 0.05) is 25.3 Å². The lowest BCUT2D eigenvalue weighted by Crippen LogP contribution is -2.14. The molecule has 0 unspecified atom stereocenters. The van der Waals surface area contributed by atoms with Crippen LogP contribution in [0.3, 0.4) is 0 Å². The van der Waals surface area contributed by atoms with Crippen molar-refractivity contribution in [3.63, 3.8) is 0 Å². The predicted octanol–water partition coefficient (Wildman–Crippen LogP) is 3.35. The first-order chi connectivity index (χ1) is 13.4. The van der Waals surface area contributed by atoms with Crippen LogP contribution in [-0.4, -0.2) is 44.2 Å². The number of hydrogen-bond donors (Lipinski definition) is 2. The van der Waals surface area contributed by atoms with Crippen LogP contribution in [0.4, 0.5) is 17.1 Å². The molecule has 9 nitrogen and oxygen atoms in total. The number of nitrogens with zero attached hydrogens (tertiary/aromatic N) is 1. The second kappa shape index (κ2) is 9.67.